The molecular weight excluding hydrogens is 388 g/mol. The van der Waals surface area contributed by atoms with Crippen LogP contribution in [-0.4, -0.2) is 31.3 Å². The molecule has 1 aromatic heterocycles. The van der Waals surface area contributed by atoms with Gasteiger partial charge in [-0.1, -0.05) is 49.6 Å². The molecule has 1 aromatic carbocycles. The molecule has 7 heteroatoms. The van der Waals surface area contributed by atoms with Gasteiger partial charge in [0.15, 0.2) is 4.77 Å². The van der Waals surface area contributed by atoms with E-state index in [-0.39, 0.29) is 5.56 Å². The van der Waals surface area contributed by atoms with Crippen molar-refractivity contribution in [3.63, 3.8) is 0 Å². The molecule has 1 N–H and O–H groups in total. The molecule has 0 unspecified atom stereocenters. The van der Waals surface area contributed by atoms with Crippen molar-refractivity contribution in [2.75, 3.05) is 13.2 Å². The summed E-state index contributed by atoms with van der Waals surface area (Å²) in [7, 11) is -2.00. The molecule has 2 aromatic rings. The Balaban J connectivity index is 1.86. The number of aryl methyl sites for hydroxylation is 1. The van der Waals surface area contributed by atoms with Crippen molar-refractivity contribution in [1.82, 2.24) is 9.55 Å². The van der Waals surface area contributed by atoms with Crippen LogP contribution in [0.2, 0.25) is 12.6 Å². The van der Waals surface area contributed by atoms with Gasteiger partial charge in [0.2, 0.25) is 0 Å². The van der Waals surface area contributed by atoms with Crippen molar-refractivity contribution in [3.8, 4) is 11.1 Å². The fraction of sp³-hybridized carbons (Fsp3) is 0.524. The summed E-state index contributed by atoms with van der Waals surface area (Å²) in [5.41, 5.74) is 1.43. The normalized spacial score (nSPS) is 11.7. The van der Waals surface area contributed by atoms with Gasteiger partial charge < -0.3 is 13.4 Å². The van der Waals surface area contributed by atoms with E-state index < -0.39 is 8.56 Å². The molecule has 154 valence electrons. The van der Waals surface area contributed by atoms with Gasteiger partial charge in [-0.25, -0.2) is 0 Å². The van der Waals surface area contributed by atoms with Crippen molar-refractivity contribution in [3.05, 3.63) is 51.7 Å². The summed E-state index contributed by atoms with van der Waals surface area (Å²) < 4.78 is 14.2. The Bertz CT molecular complexity index is 830. The fourth-order valence-corrected chi connectivity index (χ4v) is 6.10. The molecule has 0 radical (unpaired) electrons. The molecule has 0 aliphatic carbocycles. The number of aromatic amines is 1. The topological polar surface area (TPSA) is 56.2 Å². The van der Waals surface area contributed by atoms with Crippen LogP contribution in [0.4, 0.5) is 0 Å². The molecular formula is C21H32N2O3SSi. The van der Waals surface area contributed by atoms with Gasteiger partial charge in [0.25, 0.3) is 5.56 Å². The summed E-state index contributed by atoms with van der Waals surface area (Å²) in [6.07, 6.45) is 6.28. The SMILES string of the molecule is CCO[Si](C)(CCCCCCn1cc(-c2ccccc2)c(=O)[nH]c1=S)OCC. The Morgan fingerprint density at radius 1 is 1.04 bits per heavy atom. The highest BCUT2D eigenvalue weighted by molar-refractivity contribution is 7.71. The van der Waals surface area contributed by atoms with Crippen molar-refractivity contribution in [2.24, 2.45) is 0 Å². The summed E-state index contributed by atoms with van der Waals surface area (Å²) in [6, 6.07) is 10.7. The van der Waals surface area contributed by atoms with Crippen molar-refractivity contribution in [1.29, 1.82) is 0 Å². The number of unbranched alkanes of at least 4 members (excludes halogenated alkanes) is 3. The highest BCUT2D eigenvalue weighted by Crippen LogP contribution is 2.19. The van der Waals surface area contributed by atoms with Gasteiger partial charge in [-0.3, -0.25) is 9.78 Å². The third-order valence-corrected chi connectivity index (χ3v) is 8.17. The molecule has 0 atom stereocenters. The minimum Gasteiger partial charge on any atom is -0.395 e. The molecule has 0 saturated carbocycles. The Morgan fingerprint density at radius 3 is 2.32 bits per heavy atom. The summed E-state index contributed by atoms with van der Waals surface area (Å²) in [6.45, 7) is 8.46. The highest BCUT2D eigenvalue weighted by Gasteiger charge is 2.29. The Kier molecular flexibility index (Phi) is 9.31. The Labute approximate surface area is 174 Å². The van der Waals surface area contributed by atoms with E-state index in [2.05, 4.69) is 11.5 Å². The predicted octanol–water partition coefficient (Wildman–Crippen LogP) is 5.28. The van der Waals surface area contributed by atoms with Gasteiger partial charge in [-0.15, -0.1) is 0 Å². The number of rotatable bonds is 12. The monoisotopic (exact) mass is 420 g/mol. The maximum absolute atomic E-state index is 12.3. The fourth-order valence-electron chi connectivity index (χ4n) is 3.38. The van der Waals surface area contributed by atoms with E-state index in [4.69, 9.17) is 21.1 Å². The molecule has 1 heterocycles. The number of nitrogens with zero attached hydrogens (tertiary/aromatic N) is 1. The first-order valence-corrected chi connectivity index (χ1v) is 13.1. The van der Waals surface area contributed by atoms with E-state index in [0.29, 0.717) is 10.3 Å². The molecule has 2 rings (SSSR count). The van der Waals surface area contributed by atoms with Crippen LogP contribution >= 0.6 is 12.2 Å². The zero-order chi connectivity index (χ0) is 20.4. The molecule has 5 nitrogen and oxygen atoms in total. The minimum atomic E-state index is -2.00. The predicted molar refractivity (Wildman–Crippen MR) is 119 cm³/mol. The van der Waals surface area contributed by atoms with Gasteiger partial charge in [-0.05, 0) is 50.6 Å². The highest BCUT2D eigenvalue weighted by atomic mass is 32.1. The second kappa shape index (κ2) is 11.5. The number of hydrogen-bond donors (Lipinski definition) is 1. The first kappa shape index (κ1) is 22.7. The quantitative estimate of drug-likeness (QED) is 0.288. The number of benzene rings is 1. The number of H-pyrrole nitrogens is 1. The summed E-state index contributed by atoms with van der Waals surface area (Å²) >= 11 is 5.34. The minimum absolute atomic E-state index is 0.136. The molecule has 28 heavy (non-hydrogen) atoms. The largest absolute Gasteiger partial charge is 0.395 e. The van der Waals surface area contributed by atoms with E-state index in [0.717, 1.165) is 57.0 Å². The van der Waals surface area contributed by atoms with Crippen LogP contribution in [0.1, 0.15) is 39.5 Å². The first-order valence-electron chi connectivity index (χ1n) is 10.2. The van der Waals surface area contributed by atoms with E-state index in [1.807, 2.05) is 54.9 Å². The van der Waals surface area contributed by atoms with Crippen molar-refractivity contribution < 1.29 is 8.85 Å². The van der Waals surface area contributed by atoms with Crippen LogP contribution in [0.3, 0.4) is 0 Å². The summed E-state index contributed by atoms with van der Waals surface area (Å²) in [4.78, 5) is 15.1. The maximum atomic E-state index is 12.3. The summed E-state index contributed by atoms with van der Waals surface area (Å²) in [5, 5.41) is 0. The van der Waals surface area contributed by atoms with E-state index >= 15 is 0 Å². The zero-order valence-electron chi connectivity index (χ0n) is 17.2. The third-order valence-electron chi connectivity index (χ3n) is 4.77. The van der Waals surface area contributed by atoms with Crippen LogP contribution < -0.4 is 5.56 Å². The number of nitrogens with one attached hydrogen (secondary N) is 1. The van der Waals surface area contributed by atoms with Crippen LogP contribution in [0.25, 0.3) is 11.1 Å². The average molecular weight is 421 g/mol. The lowest BCUT2D eigenvalue weighted by Gasteiger charge is -2.25. The van der Waals surface area contributed by atoms with Crippen LogP contribution in [0.5, 0.6) is 0 Å². The molecule has 0 aliphatic heterocycles. The second-order valence-electron chi connectivity index (χ2n) is 7.03. The van der Waals surface area contributed by atoms with Gasteiger partial charge >= 0.3 is 8.56 Å². The maximum Gasteiger partial charge on any atom is 0.334 e. The van der Waals surface area contributed by atoms with Crippen molar-refractivity contribution >= 4 is 20.8 Å². The third kappa shape index (κ3) is 6.81. The second-order valence-corrected chi connectivity index (χ2v) is 10.8. The first-order chi connectivity index (χ1) is 13.5. The molecule has 0 bridgehead atoms. The van der Waals surface area contributed by atoms with Crippen LogP contribution in [0.15, 0.2) is 41.3 Å². The lowest BCUT2D eigenvalue weighted by molar-refractivity contribution is 0.188. The van der Waals surface area contributed by atoms with Gasteiger partial charge in [-0.2, -0.15) is 0 Å². The van der Waals surface area contributed by atoms with Crippen LogP contribution in [-0.2, 0) is 15.4 Å². The van der Waals surface area contributed by atoms with Gasteiger partial charge in [0.1, 0.15) is 0 Å². The van der Waals surface area contributed by atoms with Gasteiger partial charge in [0, 0.05) is 26.0 Å². The Morgan fingerprint density at radius 2 is 1.68 bits per heavy atom. The smallest absolute Gasteiger partial charge is 0.334 e. The number of hydrogen-bond acceptors (Lipinski definition) is 4. The lowest BCUT2D eigenvalue weighted by Crippen LogP contribution is -2.38. The molecule has 0 aliphatic rings. The van der Waals surface area contributed by atoms with E-state index in [1.165, 1.54) is 0 Å². The zero-order valence-corrected chi connectivity index (χ0v) is 19.0. The van der Waals surface area contributed by atoms with E-state index in [1.54, 1.807) is 0 Å². The van der Waals surface area contributed by atoms with Crippen LogP contribution in [0, 0.1) is 4.77 Å². The number of aromatic nitrogens is 2. The Hall–Kier alpha value is -1.54. The molecule has 0 fully saturated rings. The lowest BCUT2D eigenvalue weighted by atomic mass is 10.1. The van der Waals surface area contributed by atoms with E-state index in [9.17, 15) is 4.79 Å². The molecule has 0 saturated heterocycles. The molecule has 0 spiro atoms. The standard InChI is InChI=1S/C21H32N2O3SSi/c1-4-25-28(3,26-5-2)16-12-7-6-11-15-23-17-19(20(24)22-21(23)27)18-13-9-8-10-14-18/h8-10,13-14,17H,4-7,11-12,15-16H2,1-3H3,(H,22,24,27). The van der Waals surface area contributed by atoms with Crippen molar-refractivity contribution in [2.45, 2.75) is 58.7 Å². The van der Waals surface area contributed by atoms with Gasteiger partial charge in [0.05, 0.1) is 5.56 Å². The molecule has 0 amide bonds. The average Bonchev–Trinajstić information content (AvgIpc) is 2.67. The summed E-state index contributed by atoms with van der Waals surface area (Å²) in [5.74, 6) is 0.